The second-order valence-corrected chi connectivity index (χ2v) is 4.92. The van der Waals surface area contributed by atoms with Gasteiger partial charge in [-0.05, 0) is 18.2 Å². The fourth-order valence-corrected chi connectivity index (χ4v) is 2.39. The van der Waals surface area contributed by atoms with E-state index in [1.54, 1.807) is 23.0 Å². The van der Waals surface area contributed by atoms with Crippen molar-refractivity contribution in [3.05, 3.63) is 45.7 Å². The van der Waals surface area contributed by atoms with E-state index >= 15 is 0 Å². The van der Waals surface area contributed by atoms with Crippen molar-refractivity contribution >= 4 is 23.2 Å². The van der Waals surface area contributed by atoms with Crippen LogP contribution in [0.5, 0.6) is 5.75 Å². The molecule has 0 bridgehead atoms. The summed E-state index contributed by atoms with van der Waals surface area (Å²) in [5.41, 5.74) is 1.65. The molecule has 19 heavy (non-hydrogen) atoms. The highest BCUT2D eigenvalue weighted by atomic mass is 35.5. The summed E-state index contributed by atoms with van der Waals surface area (Å²) in [6, 6.07) is 5.17. The summed E-state index contributed by atoms with van der Waals surface area (Å²) >= 11 is 11.9. The molecule has 0 aliphatic heterocycles. The first-order valence-corrected chi connectivity index (χ1v) is 6.56. The molecule has 1 aromatic heterocycles. The minimum atomic E-state index is -0.165. The first kappa shape index (κ1) is 14.2. The summed E-state index contributed by atoms with van der Waals surface area (Å²) in [7, 11) is 1.88. The van der Waals surface area contributed by atoms with Gasteiger partial charge in [0.2, 0.25) is 0 Å². The van der Waals surface area contributed by atoms with Crippen LogP contribution in [0.2, 0.25) is 10.0 Å². The standard InChI is InChI=1S/C13H14Cl2N2O2/c1-17-11(2-4-16-17)3-5-19-13-9(8-18)6-10(14)7-12(13)15/h2,4,6-7,18H,3,5,8H2,1H3. The molecule has 102 valence electrons. The normalized spacial score (nSPS) is 10.7. The summed E-state index contributed by atoms with van der Waals surface area (Å²) in [6.07, 6.45) is 2.45. The number of nitrogens with zero attached hydrogens (tertiary/aromatic N) is 2. The summed E-state index contributed by atoms with van der Waals surface area (Å²) in [5.74, 6) is 0.482. The van der Waals surface area contributed by atoms with E-state index in [4.69, 9.17) is 27.9 Å². The van der Waals surface area contributed by atoms with Gasteiger partial charge in [-0.1, -0.05) is 23.2 Å². The van der Waals surface area contributed by atoms with E-state index in [9.17, 15) is 5.11 Å². The van der Waals surface area contributed by atoms with Gasteiger partial charge < -0.3 is 9.84 Å². The lowest BCUT2D eigenvalue weighted by molar-refractivity contribution is 0.263. The molecule has 1 heterocycles. The number of hydrogen-bond acceptors (Lipinski definition) is 3. The Bertz CT molecular complexity index is 570. The second kappa shape index (κ2) is 6.28. The first-order valence-electron chi connectivity index (χ1n) is 5.80. The Morgan fingerprint density at radius 2 is 2.16 bits per heavy atom. The summed E-state index contributed by atoms with van der Waals surface area (Å²) in [6.45, 7) is 0.287. The summed E-state index contributed by atoms with van der Waals surface area (Å²) in [4.78, 5) is 0. The molecule has 0 fully saturated rings. The molecule has 0 saturated heterocycles. The van der Waals surface area contributed by atoms with E-state index < -0.39 is 0 Å². The predicted octanol–water partition coefficient (Wildman–Crippen LogP) is 2.84. The van der Waals surface area contributed by atoms with Gasteiger partial charge in [0.05, 0.1) is 18.2 Å². The van der Waals surface area contributed by atoms with Crippen LogP contribution in [-0.4, -0.2) is 21.5 Å². The Labute approximate surface area is 121 Å². The van der Waals surface area contributed by atoms with Crippen molar-refractivity contribution in [3.8, 4) is 5.75 Å². The molecule has 1 aromatic carbocycles. The van der Waals surface area contributed by atoms with Gasteiger partial charge in [-0.25, -0.2) is 0 Å². The minimum Gasteiger partial charge on any atom is -0.491 e. The van der Waals surface area contributed by atoms with Gasteiger partial charge in [0.15, 0.2) is 0 Å². The molecular formula is C13H14Cl2N2O2. The number of aliphatic hydroxyl groups is 1. The Morgan fingerprint density at radius 1 is 1.37 bits per heavy atom. The van der Waals surface area contributed by atoms with E-state index in [1.807, 2.05) is 13.1 Å². The van der Waals surface area contributed by atoms with Crippen LogP contribution in [0.4, 0.5) is 0 Å². The van der Waals surface area contributed by atoms with Gasteiger partial charge in [-0.15, -0.1) is 0 Å². The van der Waals surface area contributed by atoms with E-state index in [-0.39, 0.29) is 6.61 Å². The first-order chi connectivity index (χ1) is 9.11. The van der Waals surface area contributed by atoms with Crippen LogP contribution >= 0.6 is 23.2 Å². The number of aryl methyl sites for hydroxylation is 1. The quantitative estimate of drug-likeness (QED) is 0.923. The molecule has 0 spiro atoms. The SMILES string of the molecule is Cn1nccc1CCOc1c(Cl)cc(Cl)cc1CO. The van der Waals surface area contributed by atoms with E-state index in [1.165, 1.54) is 0 Å². The number of benzene rings is 1. The maximum absolute atomic E-state index is 9.28. The maximum Gasteiger partial charge on any atom is 0.143 e. The molecule has 0 saturated carbocycles. The van der Waals surface area contributed by atoms with Crippen LogP contribution < -0.4 is 4.74 Å². The Balaban J connectivity index is 2.05. The second-order valence-electron chi connectivity index (χ2n) is 4.08. The lowest BCUT2D eigenvalue weighted by Crippen LogP contribution is -2.07. The zero-order chi connectivity index (χ0) is 13.8. The van der Waals surface area contributed by atoms with Crippen LogP contribution in [-0.2, 0) is 20.1 Å². The molecule has 0 unspecified atom stereocenters. The molecule has 1 N–H and O–H groups in total. The van der Waals surface area contributed by atoms with Crippen molar-refractivity contribution in [2.45, 2.75) is 13.0 Å². The molecule has 0 atom stereocenters. The van der Waals surface area contributed by atoms with E-state index in [0.717, 1.165) is 5.69 Å². The van der Waals surface area contributed by atoms with Crippen molar-refractivity contribution in [1.82, 2.24) is 9.78 Å². The molecule has 4 nitrogen and oxygen atoms in total. The molecular weight excluding hydrogens is 287 g/mol. The smallest absolute Gasteiger partial charge is 0.143 e. The number of hydrogen-bond donors (Lipinski definition) is 1. The number of aliphatic hydroxyl groups excluding tert-OH is 1. The van der Waals surface area contributed by atoms with Gasteiger partial charge in [0.25, 0.3) is 0 Å². The number of ether oxygens (including phenoxy) is 1. The number of halogens is 2. The highest BCUT2D eigenvalue weighted by molar-refractivity contribution is 6.35. The fourth-order valence-electron chi connectivity index (χ4n) is 1.80. The van der Waals surface area contributed by atoms with E-state index in [0.29, 0.717) is 34.4 Å². The molecule has 0 radical (unpaired) electrons. The van der Waals surface area contributed by atoms with Crippen LogP contribution in [0.25, 0.3) is 0 Å². The van der Waals surface area contributed by atoms with Crippen LogP contribution in [0.15, 0.2) is 24.4 Å². The zero-order valence-electron chi connectivity index (χ0n) is 10.4. The Kier molecular flexibility index (Phi) is 4.69. The highest BCUT2D eigenvalue weighted by Gasteiger charge is 2.10. The summed E-state index contributed by atoms with van der Waals surface area (Å²) in [5, 5.41) is 14.2. The Hall–Kier alpha value is -1.23. The van der Waals surface area contributed by atoms with Gasteiger partial charge in [-0.2, -0.15) is 5.10 Å². The van der Waals surface area contributed by atoms with Gasteiger partial charge in [-0.3, -0.25) is 4.68 Å². The third kappa shape index (κ3) is 3.41. The third-order valence-corrected chi connectivity index (χ3v) is 3.28. The van der Waals surface area contributed by atoms with Crippen molar-refractivity contribution < 1.29 is 9.84 Å². The van der Waals surface area contributed by atoms with Crippen LogP contribution in [0.1, 0.15) is 11.3 Å². The molecule has 6 heteroatoms. The lowest BCUT2D eigenvalue weighted by Gasteiger charge is -2.12. The topological polar surface area (TPSA) is 47.3 Å². The largest absolute Gasteiger partial charge is 0.491 e. The molecule has 0 aliphatic rings. The Morgan fingerprint density at radius 3 is 2.79 bits per heavy atom. The van der Waals surface area contributed by atoms with Crippen LogP contribution in [0.3, 0.4) is 0 Å². The van der Waals surface area contributed by atoms with Gasteiger partial charge >= 0.3 is 0 Å². The average molecular weight is 301 g/mol. The molecule has 0 aliphatic carbocycles. The predicted molar refractivity (Wildman–Crippen MR) is 74.8 cm³/mol. The molecule has 0 amide bonds. The van der Waals surface area contributed by atoms with Crippen LogP contribution in [0, 0.1) is 0 Å². The molecule has 2 aromatic rings. The minimum absolute atomic E-state index is 0.165. The van der Waals surface area contributed by atoms with E-state index in [2.05, 4.69) is 5.10 Å². The van der Waals surface area contributed by atoms with Crippen molar-refractivity contribution in [1.29, 1.82) is 0 Å². The summed E-state index contributed by atoms with van der Waals surface area (Å²) < 4.78 is 7.44. The number of aromatic nitrogens is 2. The van der Waals surface area contributed by atoms with Gasteiger partial charge in [0, 0.05) is 35.9 Å². The van der Waals surface area contributed by atoms with Gasteiger partial charge in [0.1, 0.15) is 5.75 Å². The fraction of sp³-hybridized carbons (Fsp3) is 0.308. The lowest BCUT2D eigenvalue weighted by atomic mass is 10.2. The monoisotopic (exact) mass is 300 g/mol. The zero-order valence-corrected chi connectivity index (χ0v) is 11.9. The molecule has 2 rings (SSSR count). The van der Waals surface area contributed by atoms with Crippen molar-refractivity contribution in [2.75, 3.05) is 6.61 Å². The van der Waals surface area contributed by atoms with Crippen molar-refractivity contribution in [2.24, 2.45) is 7.05 Å². The number of rotatable bonds is 5. The maximum atomic E-state index is 9.28. The average Bonchev–Trinajstić information content (AvgIpc) is 2.77. The third-order valence-electron chi connectivity index (χ3n) is 2.78. The highest BCUT2D eigenvalue weighted by Crippen LogP contribution is 2.32. The van der Waals surface area contributed by atoms with Crippen molar-refractivity contribution in [3.63, 3.8) is 0 Å².